The van der Waals surface area contributed by atoms with Gasteiger partial charge in [-0.25, -0.2) is 0 Å². The second-order valence-electron chi connectivity index (χ2n) is 3.79. The van der Waals surface area contributed by atoms with Gasteiger partial charge in [0.05, 0.1) is 5.92 Å². The Balaban J connectivity index is 0.000000437. The maximum absolute atomic E-state index is 11.1. The van der Waals surface area contributed by atoms with Gasteiger partial charge in [-0.3, -0.25) is 4.79 Å². The summed E-state index contributed by atoms with van der Waals surface area (Å²) in [5.41, 5.74) is 1.01. The molecule has 0 aliphatic heterocycles. The van der Waals surface area contributed by atoms with Crippen LogP contribution in [0.1, 0.15) is 38.7 Å². The molecule has 0 aliphatic carbocycles. The van der Waals surface area contributed by atoms with Crippen molar-refractivity contribution in [1.82, 2.24) is 0 Å². The Kier molecular flexibility index (Phi) is 7.61. The van der Waals surface area contributed by atoms with E-state index in [9.17, 15) is 9.59 Å². The first kappa shape index (κ1) is 15.3. The molecule has 0 saturated carbocycles. The molecule has 0 heterocycles. The predicted molar refractivity (Wildman–Crippen MR) is 71.0 cm³/mol. The van der Waals surface area contributed by atoms with Gasteiger partial charge in [-0.15, -0.1) is 6.58 Å². The predicted octanol–water partition coefficient (Wildman–Crippen LogP) is 3.53. The average Bonchev–Trinajstić information content (AvgIpc) is 2.31. The summed E-state index contributed by atoms with van der Waals surface area (Å²) in [6.45, 7) is 8.65. The fraction of sp³-hybridized carbons (Fsp3) is 0.333. The van der Waals surface area contributed by atoms with E-state index in [2.05, 4.69) is 6.58 Å². The van der Waals surface area contributed by atoms with Gasteiger partial charge in [-0.05, 0) is 19.4 Å². The molecule has 0 bridgehead atoms. The molecule has 0 spiro atoms. The average molecular weight is 232 g/mol. The third-order valence-electron chi connectivity index (χ3n) is 2.33. The van der Waals surface area contributed by atoms with Gasteiger partial charge in [-0.2, -0.15) is 0 Å². The van der Waals surface area contributed by atoms with Crippen molar-refractivity contribution in [3.05, 3.63) is 48.6 Å². The number of ketones is 2. The maximum atomic E-state index is 11.1. The van der Waals surface area contributed by atoms with Crippen LogP contribution in [-0.2, 0) is 9.59 Å². The van der Waals surface area contributed by atoms with E-state index in [0.29, 0.717) is 6.42 Å². The van der Waals surface area contributed by atoms with Crippen molar-refractivity contribution in [3.8, 4) is 0 Å². The van der Waals surface area contributed by atoms with Crippen molar-refractivity contribution in [2.75, 3.05) is 0 Å². The summed E-state index contributed by atoms with van der Waals surface area (Å²) in [5, 5.41) is 0. The zero-order valence-corrected chi connectivity index (χ0v) is 10.8. The van der Waals surface area contributed by atoms with Gasteiger partial charge >= 0.3 is 0 Å². The minimum absolute atomic E-state index is 0.135. The third kappa shape index (κ3) is 6.46. The minimum Gasteiger partial charge on any atom is -0.300 e. The Morgan fingerprint density at radius 1 is 1.24 bits per heavy atom. The summed E-state index contributed by atoms with van der Waals surface area (Å²) < 4.78 is 0. The molecule has 1 rings (SSSR count). The summed E-state index contributed by atoms with van der Waals surface area (Å²) in [6, 6.07) is 9.66. The molecule has 2 heteroatoms. The lowest BCUT2D eigenvalue weighted by molar-refractivity contribution is -0.118. The van der Waals surface area contributed by atoms with Crippen LogP contribution in [0.5, 0.6) is 0 Å². The Bertz CT molecular complexity index is 366. The van der Waals surface area contributed by atoms with Crippen LogP contribution >= 0.6 is 0 Å². The minimum atomic E-state index is -0.147. The van der Waals surface area contributed by atoms with E-state index in [0.717, 1.165) is 5.56 Å². The SMILES string of the molecule is C=CC(C(C)=O)c1ccccc1.CCC(C)=O. The van der Waals surface area contributed by atoms with Gasteiger partial charge in [0.15, 0.2) is 0 Å². The first-order valence-electron chi connectivity index (χ1n) is 5.70. The van der Waals surface area contributed by atoms with Crippen LogP contribution in [-0.4, -0.2) is 11.6 Å². The fourth-order valence-electron chi connectivity index (χ4n) is 1.20. The van der Waals surface area contributed by atoms with E-state index in [1.807, 2.05) is 37.3 Å². The molecule has 0 radical (unpaired) electrons. The normalized spacial score (nSPS) is 10.8. The van der Waals surface area contributed by atoms with Crippen LogP contribution < -0.4 is 0 Å². The molecule has 0 aliphatic rings. The van der Waals surface area contributed by atoms with Crippen LogP contribution in [0, 0.1) is 0 Å². The quantitative estimate of drug-likeness (QED) is 0.744. The largest absolute Gasteiger partial charge is 0.300 e. The lowest BCUT2D eigenvalue weighted by Crippen LogP contribution is -2.04. The van der Waals surface area contributed by atoms with Crippen molar-refractivity contribution >= 4 is 11.6 Å². The summed E-state index contributed by atoms with van der Waals surface area (Å²) in [7, 11) is 0. The summed E-state index contributed by atoms with van der Waals surface area (Å²) in [5.74, 6) is 0.243. The fourth-order valence-corrected chi connectivity index (χ4v) is 1.20. The van der Waals surface area contributed by atoms with Crippen LogP contribution in [0.15, 0.2) is 43.0 Å². The molecule has 1 aromatic carbocycles. The van der Waals surface area contributed by atoms with E-state index >= 15 is 0 Å². The van der Waals surface area contributed by atoms with E-state index in [4.69, 9.17) is 0 Å². The molecule has 0 amide bonds. The first-order valence-corrected chi connectivity index (χ1v) is 5.70. The van der Waals surface area contributed by atoms with Crippen molar-refractivity contribution < 1.29 is 9.59 Å². The van der Waals surface area contributed by atoms with Gasteiger partial charge < -0.3 is 4.79 Å². The summed E-state index contributed by atoms with van der Waals surface area (Å²) in [4.78, 5) is 20.9. The van der Waals surface area contributed by atoms with E-state index in [-0.39, 0.29) is 17.5 Å². The van der Waals surface area contributed by atoms with Crippen molar-refractivity contribution in [2.24, 2.45) is 0 Å². The highest BCUT2D eigenvalue weighted by atomic mass is 16.1. The topological polar surface area (TPSA) is 34.1 Å². The molecule has 2 nitrogen and oxygen atoms in total. The number of allylic oxidation sites excluding steroid dienone is 1. The number of carbonyl (C=O) groups is 2. The van der Waals surface area contributed by atoms with Gasteiger partial charge in [0.2, 0.25) is 0 Å². The van der Waals surface area contributed by atoms with Crippen LogP contribution in [0.2, 0.25) is 0 Å². The number of carbonyl (C=O) groups excluding carboxylic acids is 2. The van der Waals surface area contributed by atoms with Crippen molar-refractivity contribution in [3.63, 3.8) is 0 Å². The third-order valence-corrected chi connectivity index (χ3v) is 2.33. The highest BCUT2D eigenvalue weighted by Crippen LogP contribution is 2.16. The second kappa shape index (κ2) is 8.45. The number of rotatable bonds is 4. The Hall–Kier alpha value is -1.70. The van der Waals surface area contributed by atoms with Crippen molar-refractivity contribution in [1.29, 1.82) is 0 Å². The van der Waals surface area contributed by atoms with E-state index < -0.39 is 0 Å². The summed E-state index contributed by atoms with van der Waals surface area (Å²) in [6.07, 6.45) is 2.34. The standard InChI is InChI=1S/C11H12O.C4H8O/c1-3-11(9(2)12)10-7-5-4-6-8-10;1-3-4(2)5/h3-8,11H,1H2,2H3;3H2,1-2H3. The zero-order valence-electron chi connectivity index (χ0n) is 10.8. The maximum Gasteiger partial charge on any atom is 0.141 e. The van der Waals surface area contributed by atoms with Crippen LogP contribution in [0.4, 0.5) is 0 Å². The molecule has 1 unspecified atom stereocenters. The first-order chi connectivity index (χ1) is 8.02. The smallest absolute Gasteiger partial charge is 0.141 e. The number of benzene rings is 1. The van der Waals surface area contributed by atoms with E-state index in [1.54, 1.807) is 19.9 Å². The van der Waals surface area contributed by atoms with Gasteiger partial charge in [0, 0.05) is 6.42 Å². The molecular formula is C15H20O2. The van der Waals surface area contributed by atoms with E-state index in [1.165, 1.54) is 0 Å². The summed E-state index contributed by atoms with van der Waals surface area (Å²) >= 11 is 0. The number of Topliss-reactive ketones (excluding diaryl/α,β-unsaturated/α-hetero) is 2. The second-order valence-corrected chi connectivity index (χ2v) is 3.79. The van der Waals surface area contributed by atoms with Gasteiger partial charge in [0.25, 0.3) is 0 Å². The molecule has 0 aromatic heterocycles. The highest BCUT2D eigenvalue weighted by Gasteiger charge is 2.10. The molecule has 0 N–H and O–H groups in total. The molecule has 92 valence electrons. The molecule has 0 fully saturated rings. The zero-order chi connectivity index (χ0) is 13.3. The molecule has 17 heavy (non-hydrogen) atoms. The van der Waals surface area contributed by atoms with Crippen LogP contribution in [0.25, 0.3) is 0 Å². The Labute approximate surface area is 103 Å². The molecule has 0 saturated heterocycles. The van der Waals surface area contributed by atoms with Gasteiger partial charge in [-0.1, -0.05) is 43.3 Å². The Morgan fingerprint density at radius 2 is 1.71 bits per heavy atom. The van der Waals surface area contributed by atoms with Crippen molar-refractivity contribution in [2.45, 2.75) is 33.1 Å². The highest BCUT2D eigenvalue weighted by molar-refractivity contribution is 5.85. The molecular weight excluding hydrogens is 212 g/mol. The molecule has 1 aromatic rings. The monoisotopic (exact) mass is 232 g/mol. The number of hydrogen-bond acceptors (Lipinski definition) is 2. The lowest BCUT2D eigenvalue weighted by Gasteiger charge is -2.07. The number of hydrogen-bond donors (Lipinski definition) is 0. The van der Waals surface area contributed by atoms with Crippen LogP contribution in [0.3, 0.4) is 0 Å². The van der Waals surface area contributed by atoms with Gasteiger partial charge in [0.1, 0.15) is 11.6 Å². The Morgan fingerprint density at radius 3 is 2.00 bits per heavy atom. The lowest BCUT2D eigenvalue weighted by atomic mass is 9.96. The molecule has 1 atom stereocenters.